The lowest BCUT2D eigenvalue weighted by molar-refractivity contribution is 0.198. The van der Waals surface area contributed by atoms with Crippen LogP contribution in [0.15, 0.2) is 47.1 Å². The first-order valence-corrected chi connectivity index (χ1v) is 9.95. The SMILES string of the molecule is c1ccc(C2=C3C(=C4C5CCC(CC5)[C@@H]24)C2CCC3CC2)cc1. The third kappa shape index (κ3) is 1.63. The second kappa shape index (κ2) is 4.62. The van der Waals surface area contributed by atoms with E-state index in [1.54, 1.807) is 11.1 Å². The zero-order chi connectivity index (χ0) is 15.0. The van der Waals surface area contributed by atoms with Crippen molar-refractivity contribution in [1.82, 2.24) is 0 Å². The third-order valence-electron chi connectivity index (χ3n) is 7.85. The van der Waals surface area contributed by atoms with Gasteiger partial charge in [0, 0.05) is 5.92 Å². The van der Waals surface area contributed by atoms with E-state index in [4.69, 9.17) is 0 Å². The summed E-state index contributed by atoms with van der Waals surface area (Å²) in [5, 5.41) is 0. The van der Waals surface area contributed by atoms with E-state index in [0.29, 0.717) is 0 Å². The lowest BCUT2D eigenvalue weighted by Crippen LogP contribution is -2.34. The standard InChI is InChI=1S/C23H26/c1-2-4-14(5-3-1)19-20-15-6-10-17(11-7-15)22(20)23-18-12-8-16(9-13-18)21(19)23/h1-5,15-18,20H,6-13H2/t15?,16?,17?,18?,20-/m0/s1. The summed E-state index contributed by atoms with van der Waals surface area (Å²) in [6.45, 7) is 0. The zero-order valence-corrected chi connectivity index (χ0v) is 13.9. The maximum absolute atomic E-state index is 2.40. The number of hydrogen-bond donors (Lipinski definition) is 0. The minimum absolute atomic E-state index is 0.816. The van der Waals surface area contributed by atoms with Gasteiger partial charge in [0.1, 0.15) is 0 Å². The van der Waals surface area contributed by atoms with Crippen molar-refractivity contribution in [2.24, 2.45) is 29.6 Å². The van der Waals surface area contributed by atoms with Gasteiger partial charge in [0.05, 0.1) is 0 Å². The molecule has 6 saturated carbocycles. The maximum atomic E-state index is 2.40. The Bertz CT molecular complexity index is 704. The van der Waals surface area contributed by atoms with Crippen LogP contribution in [0.2, 0.25) is 0 Å². The van der Waals surface area contributed by atoms with Gasteiger partial charge in [0.15, 0.2) is 0 Å². The van der Waals surface area contributed by atoms with E-state index in [-0.39, 0.29) is 0 Å². The first kappa shape index (κ1) is 13.0. The van der Waals surface area contributed by atoms with E-state index in [9.17, 15) is 0 Å². The molecule has 0 saturated heterocycles. The van der Waals surface area contributed by atoms with Crippen molar-refractivity contribution < 1.29 is 0 Å². The molecule has 1 atom stereocenters. The molecule has 0 nitrogen and oxygen atoms in total. The second-order valence-corrected chi connectivity index (χ2v) is 8.70. The highest BCUT2D eigenvalue weighted by molar-refractivity contribution is 5.83. The van der Waals surface area contributed by atoms with E-state index in [2.05, 4.69) is 30.3 Å². The number of hydrogen-bond acceptors (Lipinski definition) is 0. The lowest BCUT2D eigenvalue weighted by Gasteiger charge is -2.45. The van der Waals surface area contributed by atoms with Crippen LogP contribution in [0.5, 0.6) is 0 Å². The molecule has 0 amide bonds. The van der Waals surface area contributed by atoms with Crippen LogP contribution in [0, 0.1) is 29.6 Å². The summed E-state index contributed by atoms with van der Waals surface area (Å²) in [5.41, 5.74) is 9.12. The molecule has 4 bridgehead atoms. The molecule has 0 heterocycles. The largest absolute Gasteiger partial charge is 0.0622 e. The minimum atomic E-state index is 0.816. The number of allylic oxidation sites excluding steroid dienone is 4. The van der Waals surface area contributed by atoms with Crippen LogP contribution in [-0.2, 0) is 0 Å². The molecular formula is C23H26. The maximum Gasteiger partial charge on any atom is 0.00941 e. The van der Waals surface area contributed by atoms with Crippen molar-refractivity contribution in [2.75, 3.05) is 0 Å². The Morgan fingerprint density at radius 3 is 1.87 bits per heavy atom. The zero-order valence-electron chi connectivity index (χ0n) is 13.9. The molecule has 0 heteroatoms. The normalized spacial score (nSPS) is 40.6. The molecule has 6 fully saturated rings. The van der Waals surface area contributed by atoms with Crippen molar-refractivity contribution in [3.05, 3.63) is 52.6 Å². The highest BCUT2D eigenvalue weighted by Gasteiger charge is 2.52. The van der Waals surface area contributed by atoms with Gasteiger partial charge in [-0.3, -0.25) is 0 Å². The van der Waals surface area contributed by atoms with Crippen LogP contribution < -0.4 is 0 Å². The van der Waals surface area contributed by atoms with Crippen molar-refractivity contribution >= 4 is 5.57 Å². The molecule has 23 heavy (non-hydrogen) atoms. The van der Waals surface area contributed by atoms with Gasteiger partial charge in [-0.2, -0.15) is 0 Å². The smallest absolute Gasteiger partial charge is 0.00941 e. The lowest BCUT2D eigenvalue weighted by atomic mass is 9.59. The van der Waals surface area contributed by atoms with E-state index in [1.165, 1.54) is 51.4 Å². The monoisotopic (exact) mass is 302 g/mol. The Kier molecular flexibility index (Phi) is 2.62. The van der Waals surface area contributed by atoms with Gasteiger partial charge in [-0.05, 0) is 97.3 Å². The predicted molar refractivity (Wildman–Crippen MR) is 94.8 cm³/mol. The van der Waals surface area contributed by atoms with Crippen molar-refractivity contribution in [1.29, 1.82) is 0 Å². The van der Waals surface area contributed by atoms with Crippen molar-refractivity contribution in [3.63, 3.8) is 0 Å². The van der Waals surface area contributed by atoms with Crippen molar-refractivity contribution in [3.8, 4) is 0 Å². The van der Waals surface area contributed by atoms with E-state index < -0.39 is 0 Å². The van der Waals surface area contributed by atoms with E-state index >= 15 is 0 Å². The summed E-state index contributed by atoms with van der Waals surface area (Å²) in [6.07, 6.45) is 11.9. The first-order chi connectivity index (χ1) is 11.4. The summed E-state index contributed by atoms with van der Waals surface area (Å²) >= 11 is 0. The van der Waals surface area contributed by atoms with Gasteiger partial charge in [-0.25, -0.2) is 0 Å². The van der Waals surface area contributed by atoms with Crippen molar-refractivity contribution in [2.45, 2.75) is 51.4 Å². The third-order valence-corrected chi connectivity index (χ3v) is 7.85. The topological polar surface area (TPSA) is 0 Å². The highest BCUT2D eigenvalue weighted by atomic mass is 14.6. The fraction of sp³-hybridized carbons (Fsp3) is 0.565. The molecule has 0 radical (unpaired) electrons. The Labute approximate surface area is 139 Å². The fourth-order valence-corrected chi connectivity index (χ4v) is 7.04. The van der Waals surface area contributed by atoms with Crippen LogP contribution in [0.25, 0.3) is 5.57 Å². The molecule has 0 aromatic heterocycles. The van der Waals surface area contributed by atoms with Crippen LogP contribution in [0.4, 0.5) is 0 Å². The van der Waals surface area contributed by atoms with Gasteiger partial charge >= 0.3 is 0 Å². The number of rotatable bonds is 1. The van der Waals surface area contributed by atoms with Gasteiger partial charge < -0.3 is 0 Å². The Morgan fingerprint density at radius 1 is 0.565 bits per heavy atom. The molecule has 7 aliphatic carbocycles. The quantitative estimate of drug-likeness (QED) is 0.596. The summed E-state index contributed by atoms with van der Waals surface area (Å²) in [6, 6.07) is 11.5. The summed E-state index contributed by atoms with van der Waals surface area (Å²) in [4.78, 5) is 0. The van der Waals surface area contributed by atoms with E-state index in [0.717, 1.165) is 29.6 Å². The molecule has 0 spiro atoms. The van der Waals surface area contributed by atoms with E-state index in [1.807, 2.05) is 16.7 Å². The number of benzene rings is 1. The molecule has 0 aliphatic heterocycles. The average Bonchev–Trinajstić information content (AvgIpc) is 3.05. The molecule has 8 rings (SSSR count). The molecule has 7 aliphatic rings. The summed E-state index contributed by atoms with van der Waals surface area (Å²) in [7, 11) is 0. The minimum Gasteiger partial charge on any atom is -0.0622 e. The number of fused-ring (bicyclic) bond motifs is 4. The fourth-order valence-electron chi connectivity index (χ4n) is 7.04. The Balaban J connectivity index is 1.62. The molecule has 118 valence electrons. The van der Waals surface area contributed by atoms with Gasteiger partial charge in [0.25, 0.3) is 0 Å². The molecular weight excluding hydrogens is 276 g/mol. The van der Waals surface area contributed by atoms with Gasteiger partial charge in [-0.1, -0.05) is 35.9 Å². The first-order valence-electron chi connectivity index (χ1n) is 9.95. The molecule has 1 aromatic rings. The van der Waals surface area contributed by atoms with Gasteiger partial charge in [0.2, 0.25) is 0 Å². The average molecular weight is 302 g/mol. The van der Waals surface area contributed by atoms with Gasteiger partial charge in [-0.15, -0.1) is 0 Å². The molecule has 0 unspecified atom stereocenters. The highest BCUT2D eigenvalue weighted by Crippen LogP contribution is 2.65. The summed E-state index contributed by atoms with van der Waals surface area (Å²) < 4.78 is 0. The molecule has 0 N–H and O–H groups in total. The second-order valence-electron chi connectivity index (χ2n) is 8.70. The Morgan fingerprint density at radius 2 is 1.17 bits per heavy atom. The predicted octanol–water partition coefficient (Wildman–Crippen LogP) is 6.01. The van der Waals surface area contributed by atoms with Crippen LogP contribution >= 0.6 is 0 Å². The van der Waals surface area contributed by atoms with Crippen LogP contribution in [0.1, 0.15) is 56.9 Å². The summed E-state index contributed by atoms with van der Waals surface area (Å²) in [5.74, 6) is 4.53. The molecule has 1 aromatic carbocycles. The Hall–Kier alpha value is -1.30. The van der Waals surface area contributed by atoms with Crippen LogP contribution in [-0.4, -0.2) is 0 Å². The van der Waals surface area contributed by atoms with Crippen LogP contribution in [0.3, 0.4) is 0 Å².